The van der Waals surface area contributed by atoms with Crippen LogP contribution in [0.2, 0.25) is 0 Å². The number of hydrogen-bond donors (Lipinski definition) is 0. The lowest BCUT2D eigenvalue weighted by Gasteiger charge is -2.45. The molecule has 0 N–H and O–H groups in total. The SMILES string of the molecule is C=CC(=O)N1C[C@H](C)N(c2nc(OC[C@@H]3CCCN3C)nc3c(=O)n(-c4cccc5cccc(C)c45)c(C(F)(F)F)nc23)[C@@H](C)C1. The molecule has 2 aromatic heterocycles. The van der Waals surface area contributed by atoms with Crippen LogP contribution >= 0.6 is 0 Å². The summed E-state index contributed by atoms with van der Waals surface area (Å²) in [5, 5.41) is 1.18. The van der Waals surface area contributed by atoms with Crippen LogP contribution in [0.15, 0.2) is 53.8 Å². The number of aromatic nitrogens is 4. The van der Waals surface area contributed by atoms with Crippen LogP contribution in [0.25, 0.3) is 27.5 Å². The van der Waals surface area contributed by atoms with Crippen molar-refractivity contribution in [2.24, 2.45) is 0 Å². The lowest BCUT2D eigenvalue weighted by Crippen LogP contribution is -2.58. The molecule has 10 nitrogen and oxygen atoms in total. The topological polar surface area (TPSA) is 96.7 Å². The smallest absolute Gasteiger partial charge is 0.450 e. The van der Waals surface area contributed by atoms with Gasteiger partial charge in [0.05, 0.1) is 5.69 Å². The standard InChI is InChI=1S/C33H36F3N7O3/c1-6-25(44)41-16-20(3)42(21(4)17-41)29-27-28(38-32(39-29)46-18-23-13-9-15-40(23)5)30(45)43(31(37-27)33(34,35)36)24-14-8-12-22-11-7-10-19(2)26(22)24/h6-8,10-12,14,20-21,23H,1,9,13,15-18H2,2-5H3/t20-,21-,23-/m0/s1. The van der Waals surface area contributed by atoms with Crippen molar-refractivity contribution in [3.05, 3.63) is 70.8 Å². The second-order valence-electron chi connectivity index (χ2n) is 12.2. The maximum atomic E-state index is 14.9. The van der Waals surface area contributed by atoms with E-state index in [4.69, 9.17) is 4.74 Å². The highest BCUT2D eigenvalue weighted by molar-refractivity contribution is 5.94. The van der Waals surface area contributed by atoms with Gasteiger partial charge in [0, 0.05) is 36.6 Å². The van der Waals surface area contributed by atoms with E-state index in [0.717, 1.165) is 19.4 Å². The van der Waals surface area contributed by atoms with E-state index in [1.165, 1.54) is 12.1 Å². The number of anilines is 1. The number of amides is 1. The molecule has 242 valence electrons. The molecule has 13 heteroatoms. The zero-order chi connectivity index (χ0) is 32.9. The van der Waals surface area contributed by atoms with Crippen molar-refractivity contribution in [2.75, 3.05) is 38.2 Å². The summed E-state index contributed by atoms with van der Waals surface area (Å²) in [5.41, 5.74) is -0.799. The van der Waals surface area contributed by atoms with E-state index in [2.05, 4.69) is 26.4 Å². The van der Waals surface area contributed by atoms with E-state index in [0.29, 0.717) is 20.9 Å². The third-order valence-corrected chi connectivity index (χ3v) is 8.99. The van der Waals surface area contributed by atoms with E-state index in [1.54, 1.807) is 41.0 Å². The first kappa shape index (κ1) is 31.5. The number of aryl methyl sites for hydroxylation is 1. The van der Waals surface area contributed by atoms with Gasteiger partial charge in [-0.1, -0.05) is 36.9 Å². The van der Waals surface area contributed by atoms with Gasteiger partial charge in [0.2, 0.25) is 11.7 Å². The summed E-state index contributed by atoms with van der Waals surface area (Å²) in [7, 11) is 1.99. The number of halogens is 3. The Balaban J connectivity index is 1.60. The Labute approximate surface area is 264 Å². The molecule has 0 saturated carbocycles. The first-order valence-corrected chi connectivity index (χ1v) is 15.3. The number of hydrogen-bond acceptors (Lipinski definition) is 8. The Bertz CT molecular complexity index is 1880. The summed E-state index contributed by atoms with van der Waals surface area (Å²) in [6.07, 6.45) is -1.84. The minimum absolute atomic E-state index is 0.0503. The normalized spacial score (nSPS) is 20.9. The summed E-state index contributed by atoms with van der Waals surface area (Å²) in [4.78, 5) is 45.6. The van der Waals surface area contributed by atoms with Crippen LogP contribution in [-0.4, -0.2) is 86.6 Å². The quantitative estimate of drug-likeness (QED) is 0.281. The average Bonchev–Trinajstić information content (AvgIpc) is 3.43. The fourth-order valence-corrected chi connectivity index (χ4v) is 6.79. The molecule has 0 aliphatic carbocycles. The van der Waals surface area contributed by atoms with Gasteiger partial charge in [-0.15, -0.1) is 0 Å². The molecule has 6 rings (SSSR count). The van der Waals surface area contributed by atoms with Crippen LogP contribution in [0, 0.1) is 6.92 Å². The maximum Gasteiger partial charge on any atom is 0.450 e. The second-order valence-corrected chi connectivity index (χ2v) is 12.2. The largest absolute Gasteiger partial charge is 0.462 e. The van der Waals surface area contributed by atoms with Crippen LogP contribution in [0.5, 0.6) is 6.01 Å². The molecule has 0 bridgehead atoms. The third-order valence-electron chi connectivity index (χ3n) is 8.99. The number of alkyl halides is 3. The molecule has 2 saturated heterocycles. The minimum atomic E-state index is -5.00. The van der Waals surface area contributed by atoms with Gasteiger partial charge < -0.3 is 19.4 Å². The molecule has 4 heterocycles. The van der Waals surface area contributed by atoms with E-state index in [9.17, 15) is 22.8 Å². The number of nitrogens with zero attached hydrogens (tertiary/aromatic N) is 7. The molecule has 46 heavy (non-hydrogen) atoms. The lowest BCUT2D eigenvalue weighted by atomic mass is 10.0. The molecule has 2 aliphatic rings. The summed E-state index contributed by atoms with van der Waals surface area (Å²) >= 11 is 0. The van der Waals surface area contributed by atoms with Gasteiger partial charge in [-0.25, -0.2) is 4.98 Å². The van der Waals surface area contributed by atoms with Crippen LogP contribution in [0.1, 0.15) is 38.1 Å². The number of likely N-dealkylation sites (N-methyl/N-ethyl adjacent to an activating group) is 1. The van der Waals surface area contributed by atoms with Gasteiger partial charge in [0.1, 0.15) is 12.1 Å². The number of carbonyl (C=O) groups is 1. The molecule has 0 spiro atoms. The fraction of sp³-hybridized carbons (Fsp3) is 0.424. The first-order chi connectivity index (χ1) is 21.9. The third kappa shape index (κ3) is 5.57. The molecule has 0 unspecified atom stereocenters. The van der Waals surface area contributed by atoms with Crippen molar-refractivity contribution in [2.45, 2.75) is 57.9 Å². The van der Waals surface area contributed by atoms with Crippen LogP contribution in [-0.2, 0) is 11.0 Å². The molecule has 2 aromatic carbocycles. The maximum absolute atomic E-state index is 14.9. The fourth-order valence-electron chi connectivity index (χ4n) is 6.79. The van der Waals surface area contributed by atoms with Crippen LogP contribution in [0.3, 0.4) is 0 Å². The first-order valence-electron chi connectivity index (χ1n) is 15.3. The van der Waals surface area contributed by atoms with Gasteiger partial charge in [0.15, 0.2) is 11.3 Å². The number of likely N-dealkylation sites (tertiary alicyclic amines) is 1. The molecule has 2 aliphatic heterocycles. The Morgan fingerprint density at radius 2 is 1.76 bits per heavy atom. The zero-order valence-corrected chi connectivity index (χ0v) is 26.2. The van der Waals surface area contributed by atoms with Crippen molar-refractivity contribution < 1.29 is 22.7 Å². The average molecular weight is 636 g/mol. The van der Waals surface area contributed by atoms with Gasteiger partial charge in [-0.05, 0) is 70.3 Å². The number of carbonyl (C=O) groups excluding carboxylic acids is 1. The Hall–Kier alpha value is -4.52. The number of rotatable bonds is 6. The summed E-state index contributed by atoms with van der Waals surface area (Å²) in [6, 6.07) is 9.45. The lowest BCUT2D eigenvalue weighted by molar-refractivity contribution is -0.146. The predicted molar refractivity (Wildman–Crippen MR) is 170 cm³/mol. The Morgan fingerprint density at radius 1 is 1.07 bits per heavy atom. The molecule has 4 aromatic rings. The van der Waals surface area contributed by atoms with Gasteiger partial charge in [-0.2, -0.15) is 23.1 Å². The van der Waals surface area contributed by atoms with Gasteiger partial charge >= 0.3 is 12.2 Å². The van der Waals surface area contributed by atoms with Crippen molar-refractivity contribution in [3.8, 4) is 11.7 Å². The van der Waals surface area contributed by atoms with E-state index >= 15 is 0 Å². The van der Waals surface area contributed by atoms with Crippen LogP contribution in [0.4, 0.5) is 19.0 Å². The van der Waals surface area contributed by atoms with E-state index in [-0.39, 0.29) is 72.3 Å². The highest BCUT2D eigenvalue weighted by Crippen LogP contribution is 2.36. The van der Waals surface area contributed by atoms with Crippen molar-refractivity contribution in [1.82, 2.24) is 29.3 Å². The number of ether oxygens (including phenoxy) is 1. The van der Waals surface area contributed by atoms with Gasteiger partial charge in [0.25, 0.3) is 5.56 Å². The second kappa shape index (κ2) is 12.0. The molecule has 0 radical (unpaired) electrons. The van der Waals surface area contributed by atoms with Gasteiger partial charge in [-0.3, -0.25) is 14.2 Å². The highest BCUT2D eigenvalue weighted by atomic mass is 19.4. The van der Waals surface area contributed by atoms with Crippen molar-refractivity contribution in [1.29, 1.82) is 0 Å². The summed E-state index contributed by atoms with van der Waals surface area (Å²) in [5.74, 6) is -1.58. The summed E-state index contributed by atoms with van der Waals surface area (Å²) < 4.78 is 51.4. The molecular formula is C33H36F3N7O3. The number of fused-ring (bicyclic) bond motifs is 2. The van der Waals surface area contributed by atoms with Crippen molar-refractivity contribution >= 4 is 33.5 Å². The van der Waals surface area contributed by atoms with E-state index in [1.807, 2.05) is 27.0 Å². The predicted octanol–water partition coefficient (Wildman–Crippen LogP) is 4.74. The highest BCUT2D eigenvalue weighted by Gasteiger charge is 2.41. The van der Waals surface area contributed by atoms with Crippen molar-refractivity contribution in [3.63, 3.8) is 0 Å². The number of piperazine rings is 1. The summed E-state index contributed by atoms with van der Waals surface area (Å²) in [6.45, 7) is 10.7. The van der Waals surface area contributed by atoms with E-state index < -0.39 is 17.6 Å². The molecule has 1 amide bonds. The molecule has 2 fully saturated rings. The number of benzene rings is 2. The zero-order valence-electron chi connectivity index (χ0n) is 26.2. The Morgan fingerprint density at radius 3 is 2.39 bits per heavy atom. The molecule has 3 atom stereocenters. The minimum Gasteiger partial charge on any atom is -0.462 e. The Kier molecular flexibility index (Phi) is 8.21. The monoisotopic (exact) mass is 635 g/mol. The van der Waals surface area contributed by atoms with Crippen LogP contribution < -0.4 is 15.2 Å². The molecular weight excluding hydrogens is 599 g/mol.